The summed E-state index contributed by atoms with van der Waals surface area (Å²) in [6.45, 7) is 0. The van der Waals surface area contributed by atoms with E-state index in [-0.39, 0.29) is 5.56 Å². The zero-order valence-corrected chi connectivity index (χ0v) is 16.3. The van der Waals surface area contributed by atoms with Crippen LogP contribution in [0.25, 0.3) is 11.3 Å². The summed E-state index contributed by atoms with van der Waals surface area (Å²) in [6.07, 6.45) is 5.79. The second-order valence-electron chi connectivity index (χ2n) is 6.46. The lowest BCUT2D eigenvalue weighted by Crippen LogP contribution is -1.99. The van der Waals surface area contributed by atoms with Gasteiger partial charge in [0, 0.05) is 10.4 Å². The standard InChI is InChI=1S/C21H15ClN2O3S/c22-17-7-5-12(21(25)26)9-15(17)18-8-6-13(27-18)11-24-20-16(10-23)14-3-1-2-4-19(14)28-20/h5-9,11H,1-4H2,(H,25,26). The van der Waals surface area contributed by atoms with Crippen LogP contribution >= 0.6 is 22.9 Å². The van der Waals surface area contributed by atoms with Crippen molar-refractivity contribution in [1.82, 2.24) is 0 Å². The summed E-state index contributed by atoms with van der Waals surface area (Å²) < 4.78 is 5.78. The van der Waals surface area contributed by atoms with Gasteiger partial charge in [0.05, 0.1) is 22.4 Å². The molecule has 0 saturated heterocycles. The predicted octanol–water partition coefficient (Wildman–Crippen LogP) is 5.86. The quantitative estimate of drug-likeness (QED) is 0.545. The Labute approximate surface area is 170 Å². The molecule has 7 heteroatoms. The van der Waals surface area contributed by atoms with Gasteiger partial charge in [-0.05, 0) is 61.6 Å². The third kappa shape index (κ3) is 3.47. The third-order valence-corrected chi connectivity index (χ3v) is 6.21. The zero-order chi connectivity index (χ0) is 19.7. The summed E-state index contributed by atoms with van der Waals surface area (Å²) >= 11 is 7.76. The number of nitriles is 1. The maximum absolute atomic E-state index is 11.2. The molecule has 0 fully saturated rings. The summed E-state index contributed by atoms with van der Waals surface area (Å²) in [5.74, 6) is -0.0699. The van der Waals surface area contributed by atoms with Gasteiger partial charge < -0.3 is 9.52 Å². The second kappa shape index (κ2) is 7.63. The van der Waals surface area contributed by atoms with E-state index in [1.54, 1.807) is 29.7 Å². The molecule has 1 aromatic carbocycles. The van der Waals surface area contributed by atoms with E-state index in [1.165, 1.54) is 23.1 Å². The number of nitrogens with zero attached hydrogens (tertiary/aromatic N) is 2. The number of furan rings is 1. The molecule has 4 rings (SSSR count). The Bertz CT molecular complexity index is 1140. The van der Waals surface area contributed by atoms with E-state index in [9.17, 15) is 10.1 Å². The Kier molecular flexibility index (Phi) is 5.03. The first kappa shape index (κ1) is 18.5. The normalized spacial score (nSPS) is 13.4. The highest BCUT2D eigenvalue weighted by atomic mass is 35.5. The fourth-order valence-corrected chi connectivity index (χ4v) is 4.69. The Morgan fingerprint density at radius 2 is 2.11 bits per heavy atom. The summed E-state index contributed by atoms with van der Waals surface area (Å²) in [5, 5.41) is 19.8. The first-order chi connectivity index (χ1) is 13.6. The SMILES string of the molecule is N#Cc1c(N=Cc2ccc(-c3cc(C(=O)O)ccc3Cl)o2)sc2c1CCCC2. The Balaban J connectivity index is 1.63. The number of thiophene rings is 1. The van der Waals surface area contributed by atoms with Crippen molar-refractivity contribution in [1.29, 1.82) is 5.26 Å². The van der Waals surface area contributed by atoms with Gasteiger partial charge in [-0.2, -0.15) is 5.26 Å². The van der Waals surface area contributed by atoms with Crippen molar-refractivity contribution in [3.8, 4) is 17.4 Å². The van der Waals surface area contributed by atoms with Crippen LogP contribution in [0.4, 0.5) is 5.00 Å². The number of benzene rings is 1. The summed E-state index contributed by atoms with van der Waals surface area (Å²) in [5.41, 5.74) is 2.45. The van der Waals surface area contributed by atoms with Gasteiger partial charge in [-0.3, -0.25) is 0 Å². The lowest BCUT2D eigenvalue weighted by Gasteiger charge is -2.09. The molecular formula is C21H15ClN2O3S. The van der Waals surface area contributed by atoms with Crippen LogP contribution in [0.1, 0.15) is 45.0 Å². The van der Waals surface area contributed by atoms with Crippen LogP contribution in [0, 0.1) is 11.3 Å². The van der Waals surface area contributed by atoms with Gasteiger partial charge in [0.2, 0.25) is 0 Å². The zero-order valence-electron chi connectivity index (χ0n) is 14.7. The molecule has 0 atom stereocenters. The average molecular weight is 411 g/mol. The molecule has 0 spiro atoms. The van der Waals surface area contributed by atoms with Crippen molar-refractivity contribution in [2.45, 2.75) is 25.7 Å². The van der Waals surface area contributed by atoms with E-state index in [4.69, 9.17) is 21.1 Å². The number of rotatable bonds is 4. The molecule has 3 aromatic rings. The minimum atomic E-state index is -1.03. The minimum absolute atomic E-state index is 0.133. The maximum atomic E-state index is 11.2. The molecule has 140 valence electrons. The topological polar surface area (TPSA) is 86.6 Å². The van der Waals surface area contributed by atoms with Crippen molar-refractivity contribution in [2.75, 3.05) is 0 Å². The lowest BCUT2D eigenvalue weighted by atomic mass is 9.96. The number of carbonyl (C=O) groups is 1. The number of carboxylic acids is 1. The molecule has 0 radical (unpaired) electrons. The molecule has 0 bridgehead atoms. The van der Waals surface area contributed by atoms with E-state index >= 15 is 0 Å². The number of aromatic carboxylic acids is 1. The summed E-state index contributed by atoms with van der Waals surface area (Å²) in [4.78, 5) is 16.9. The van der Waals surface area contributed by atoms with Crippen molar-refractivity contribution >= 4 is 40.1 Å². The lowest BCUT2D eigenvalue weighted by molar-refractivity contribution is 0.0697. The van der Waals surface area contributed by atoms with Gasteiger partial charge in [0.1, 0.15) is 22.6 Å². The molecule has 0 aliphatic heterocycles. The largest absolute Gasteiger partial charge is 0.478 e. The first-order valence-electron chi connectivity index (χ1n) is 8.78. The molecule has 1 N–H and O–H groups in total. The number of hydrogen-bond acceptors (Lipinski definition) is 5. The number of carboxylic acid groups (broad SMARTS) is 1. The van der Waals surface area contributed by atoms with E-state index in [1.807, 2.05) is 0 Å². The van der Waals surface area contributed by atoms with E-state index in [0.29, 0.717) is 32.7 Å². The van der Waals surface area contributed by atoms with Crippen molar-refractivity contribution in [3.63, 3.8) is 0 Å². The molecule has 2 aromatic heterocycles. The van der Waals surface area contributed by atoms with Gasteiger partial charge in [0.25, 0.3) is 0 Å². The van der Waals surface area contributed by atoms with Crippen LogP contribution in [-0.2, 0) is 12.8 Å². The third-order valence-electron chi connectivity index (χ3n) is 4.68. The van der Waals surface area contributed by atoms with Crippen molar-refractivity contribution in [2.24, 2.45) is 4.99 Å². The first-order valence-corrected chi connectivity index (χ1v) is 9.98. The van der Waals surface area contributed by atoms with Crippen LogP contribution in [-0.4, -0.2) is 17.3 Å². The van der Waals surface area contributed by atoms with E-state index in [2.05, 4.69) is 11.1 Å². The second-order valence-corrected chi connectivity index (χ2v) is 7.95. The van der Waals surface area contributed by atoms with Crippen LogP contribution in [0.3, 0.4) is 0 Å². The van der Waals surface area contributed by atoms with Crippen LogP contribution < -0.4 is 0 Å². The van der Waals surface area contributed by atoms with Crippen LogP contribution in [0.15, 0.2) is 39.7 Å². The van der Waals surface area contributed by atoms with Crippen molar-refractivity contribution < 1.29 is 14.3 Å². The van der Waals surface area contributed by atoms with E-state index < -0.39 is 5.97 Å². The molecule has 0 unspecified atom stereocenters. The Morgan fingerprint density at radius 3 is 2.89 bits per heavy atom. The van der Waals surface area contributed by atoms with Gasteiger partial charge in [-0.15, -0.1) is 11.3 Å². The van der Waals surface area contributed by atoms with Crippen LogP contribution in [0.2, 0.25) is 5.02 Å². The maximum Gasteiger partial charge on any atom is 0.335 e. The molecule has 1 aliphatic carbocycles. The average Bonchev–Trinajstić information content (AvgIpc) is 3.30. The monoisotopic (exact) mass is 410 g/mol. The highest BCUT2D eigenvalue weighted by molar-refractivity contribution is 7.16. The highest BCUT2D eigenvalue weighted by Crippen LogP contribution is 2.39. The minimum Gasteiger partial charge on any atom is -0.478 e. The highest BCUT2D eigenvalue weighted by Gasteiger charge is 2.20. The van der Waals surface area contributed by atoms with Crippen LogP contribution in [0.5, 0.6) is 0 Å². The number of aliphatic imine (C=N–C) groups is 1. The summed E-state index contributed by atoms with van der Waals surface area (Å²) in [7, 11) is 0. The van der Waals surface area contributed by atoms with Gasteiger partial charge in [0.15, 0.2) is 0 Å². The molecule has 5 nitrogen and oxygen atoms in total. The molecule has 0 amide bonds. The van der Waals surface area contributed by atoms with Gasteiger partial charge in [-0.1, -0.05) is 11.6 Å². The fourth-order valence-electron chi connectivity index (χ4n) is 3.29. The number of aryl methyl sites for hydroxylation is 1. The number of hydrogen-bond donors (Lipinski definition) is 1. The molecular weight excluding hydrogens is 396 g/mol. The Hall–Kier alpha value is -2.88. The number of fused-ring (bicyclic) bond motifs is 1. The Morgan fingerprint density at radius 1 is 1.29 bits per heavy atom. The molecule has 2 heterocycles. The molecule has 28 heavy (non-hydrogen) atoms. The molecule has 1 aliphatic rings. The van der Waals surface area contributed by atoms with Gasteiger partial charge >= 0.3 is 5.97 Å². The summed E-state index contributed by atoms with van der Waals surface area (Å²) in [6, 6.07) is 10.2. The smallest absolute Gasteiger partial charge is 0.335 e. The fraction of sp³-hybridized carbons (Fsp3) is 0.190. The number of halogens is 1. The van der Waals surface area contributed by atoms with E-state index in [0.717, 1.165) is 31.2 Å². The molecule has 0 saturated carbocycles. The predicted molar refractivity (Wildman–Crippen MR) is 109 cm³/mol. The van der Waals surface area contributed by atoms with Gasteiger partial charge in [-0.25, -0.2) is 9.79 Å². The van der Waals surface area contributed by atoms with Crippen molar-refractivity contribution in [3.05, 3.63) is 62.7 Å².